The summed E-state index contributed by atoms with van der Waals surface area (Å²) in [6, 6.07) is 4.68. The molecule has 0 saturated carbocycles. The normalized spacial score (nSPS) is 13.2. The molecule has 6 heteroatoms. The second kappa shape index (κ2) is 5.73. The zero-order valence-electron chi connectivity index (χ0n) is 11.2. The molecule has 0 fully saturated rings. The maximum absolute atomic E-state index is 11.9. The highest BCUT2D eigenvalue weighted by atomic mass is 16.4. The molecule has 2 amide bonds. The number of benzene rings is 1. The van der Waals surface area contributed by atoms with E-state index < -0.39 is 5.97 Å². The Morgan fingerprint density at radius 3 is 2.80 bits per heavy atom. The van der Waals surface area contributed by atoms with Crippen LogP contribution >= 0.6 is 0 Å². The molecule has 1 heterocycles. The molecule has 0 bridgehead atoms. The first-order chi connectivity index (χ1) is 9.52. The topological polar surface area (TPSA) is 86.7 Å². The molecule has 2 rings (SSSR count). The minimum atomic E-state index is -1.00. The third-order valence-electron chi connectivity index (χ3n) is 3.32. The summed E-state index contributed by atoms with van der Waals surface area (Å²) < 4.78 is 0. The molecule has 1 aromatic carbocycles. The number of anilines is 1. The highest BCUT2D eigenvalue weighted by molar-refractivity contribution is 6.02. The van der Waals surface area contributed by atoms with Crippen LogP contribution in [0.25, 0.3) is 0 Å². The van der Waals surface area contributed by atoms with Crippen molar-refractivity contribution in [3.8, 4) is 0 Å². The number of nitrogens with zero attached hydrogens (tertiary/aromatic N) is 1. The number of aromatic carboxylic acids is 1. The van der Waals surface area contributed by atoms with Crippen LogP contribution < -0.4 is 10.2 Å². The van der Waals surface area contributed by atoms with Gasteiger partial charge < -0.3 is 15.3 Å². The van der Waals surface area contributed by atoms with E-state index >= 15 is 0 Å². The fourth-order valence-electron chi connectivity index (χ4n) is 2.28. The molecule has 0 aromatic heterocycles. The number of carboxylic acid groups (broad SMARTS) is 1. The molecular formula is C14H16N2O4. The van der Waals surface area contributed by atoms with E-state index in [9.17, 15) is 14.4 Å². The van der Waals surface area contributed by atoms with Gasteiger partial charge in [0.15, 0.2) is 0 Å². The van der Waals surface area contributed by atoms with Crippen LogP contribution in [0, 0.1) is 0 Å². The number of carbonyl (C=O) groups is 3. The lowest BCUT2D eigenvalue weighted by Gasteiger charge is -2.17. The summed E-state index contributed by atoms with van der Waals surface area (Å²) in [6.45, 7) is 0.464. The van der Waals surface area contributed by atoms with E-state index in [1.807, 2.05) is 0 Å². The summed E-state index contributed by atoms with van der Waals surface area (Å²) >= 11 is 0. The lowest BCUT2D eigenvalue weighted by Crippen LogP contribution is -2.29. The van der Waals surface area contributed by atoms with Crippen molar-refractivity contribution in [2.75, 3.05) is 18.5 Å². The lowest BCUT2D eigenvalue weighted by molar-refractivity contribution is -0.121. The summed E-state index contributed by atoms with van der Waals surface area (Å²) in [7, 11) is 1.58. The second-order valence-electron chi connectivity index (χ2n) is 4.65. The average Bonchev–Trinajstić information content (AvgIpc) is 2.73. The SMILES string of the molecule is CNC(=O)CCCN1C(=O)Cc2cc(C(=O)O)ccc21. The van der Waals surface area contributed by atoms with Gasteiger partial charge in [-0.3, -0.25) is 9.59 Å². The Kier molecular flexibility index (Phi) is 4.02. The summed E-state index contributed by atoms with van der Waals surface area (Å²) in [5.74, 6) is -1.11. The molecule has 1 aliphatic heterocycles. The van der Waals surface area contributed by atoms with Gasteiger partial charge in [-0.25, -0.2) is 4.79 Å². The molecule has 6 nitrogen and oxygen atoms in total. The summed E-state index contributed by atoms with van der Waals surface area (Å²) in [6.07, 6.45) is 1.16. The number of nitrogens with one attached hydrogen (secondary N) is 1. The van der Waals surface area contributed by atoms with Gasteiger partial charge in [-0.05, 0) is 30.2 Å². The van der Waals surface area contributed by atoms with Crippen molar-refractivity contribution in [1.82, 2.24) is 5.32 Å². The zero-order chi connectivity index (χ0) is 14.7. The van der Waals surface area contributed by atoms with Crippen LogP contribution in [-0.2, 0) is 16.0 Å². The van der Waals surface area contributed by atoms with Gasteiger partial charge in [0.2, 0.25) is 11.8 Å². The molecule has 1 aromatic rings. The molecule has 0 spiro atoms. The van der Waals surface area contributed by atoms with E-state index in [0.29, 0.717) is 19.4 Å². The van der Waals surface area contributed by atoms with Crippen LogP contribution in [0.1, 0.15) is 28.8 Å². The van der Waals surface area contributed by atoms with E-state index in [-0.39, 0.29) is 23.8 Å². The Balaban J connectivity index is 2.08. The first kappa shape index (κ1) is 14.0. The van der Waals surface area contributed by atoms with Gasteiger partial charge in [0, 0.05) is 25.7 Å². The second-order valence-corrected chi connectivity index (χ2v) is 4.65. The molecule has 20 heavy (non-hydrogen) atoms. The summed E-state index contributed by atoms with van der Waals surface area (Å²) in [5, 5.41) is 11.5. The first-order valence-corrected chi connectivity index (χ1v) is 6.40. The highest BCUT2D eigenvalue weighted by Gasteiger charge is 2.27. The van der Waals surface area contributed by atoms with Crippen molar-refractivity contribution < 1.29 is 19.5 Å². The van der Waals surface area contributed by atoms with Crippen molar-refractivity contribution in [3.63, 3.8) is 0 Å². The molecular weight excluding hydrogens is 260 g/mol. The Morgan fingerprint density at radius 1 is 1.40 bits per heavy atom. The number of rotatable bonds is 5. The van der Waals surface area contributed by atoms with Gasteiger partial charge in [-0.15, -0.1) is 0 Å². The van der Waals surface area contributed by atoms with Crippen LogP contribution in [0.2, 0.25) is 0 Å². The number of fused-ring (bicyclic) bond motifs is 1. The van der Waals surface area contributed by atoms with Crippen molar-refractivity contribution >= 4 is 23.5 Å². The van der Waals surface area contributed by atoms with Crippen LogP contribution in [0.15, 0.2) is 18.2 Å². The molecule has 2 N–H and O–H groups in total. The minimum absolute atomic E-state index is 0.0561. The zero-order valence-corrected chi connectivity index (χ0v) is 11.2. The predicted molar refractivity (Wildman–Crippen MR) is 72.8 cm³/mol. The van der Waals surface area contributed by atoms with E-state index in [0.717, 1.165) is 11.3 Å². The summed E-state index contributed by atoms with van der Waals surface area (Å²) in [5.41, 5.74) is 1.66. The average molecular weight is 276 g/mol. The Labute approximate surface area is 116 Å². The van der Waals surface area contributed by atoms with E-state index in [4.69, 9.17) is 5.11 Å². The van der Waals surface area contributed by atoms with Crippen molar-refractivity contribution in [3.05, 3.63) is 29.3 Å². The van der Waals surface area contributed by atoms with Gasteiger partial charge in [0.1, 0.15) is 0 Å². The van der Waals surface area contributed by atoms with Gasteiger partial charge in [0.25, 0.3) is 0 Å². The predicted octanol–water partition coefficient (Wildman–Crippen LogP) is 0.800. The largest absolute Gasteiger partial charge is 0.478 e. The Morgan fingerprint density at radius 2 is 2.15 bits per heavy atom. The molecule has 0 atom stereocenters. The summed E-state index contributed by atoms with van der Waals surface area (Å²) in [4.78, 5) is 35.6. The highest BCUT2D eigenvalue weighted by Crippen LogP contribution is 2.30. The fourth-order valence-corrected chi connectivity index (χ4v) is 2.28. The van der Waals surface area contributed by atoms with Gasteiger partial charge in [-0.1, -0.05) is 0 Å². The number of carboxylic acids is 1. The third-order valence-corrected chi connectivity index (χ3v) is 3.32. The molecule has 0 radical (unpaired) electrons. The minimum Gasteiger partial charge on any atom is -0.478 e. The molecule has 106 valence electrons. The van der Waals surface area contributed by atoms with E-state index in [1.54, 1.807) is 18.0 Å². The third kappa shape index (κ3) is 2.79. The Hall–Kier alpha value is -2.37. The maximum Gasteiger partial charge on any atom is 0.335 e. The molecule has 0 unspecified atom stereocenters. The quantitative estimate of drug-likeness (QED) is 0.832. The van der Waals surface area contributed by atoms with E-state index in [2.05, 4.69) is 5.32 Å². The van der Waals surface area contributed by atoms with Crippen molar-refractivity contribution in [2.45, 2.75) is 19.3 Å². The van der Waals surface area contributed by atoms with Crippen LogP contribution in [0.5, 0.6) is 0 Å². The van der Waals surface area contributed by atoms with Crippen molar-refractivity contribution in [2.24, 2.45) is 0 Å². The van der Waals surface area contributed by atoms with Crippen LogP contribution in [0.3, 0.4) is 0 Å². The Bertz CT molecular complexity index is 568. The molecule has 0 aliphatic carbocycles. The first-order valence-electron chi connectivity index (χ1n) is 6.40. The lowest BCUT2D eigenvalue weighted by atomic mass is 10.1. The smallest absolute Gasteiger partial charge is 0.335 e. The molecule has 1 aliphatic rings. The van der Waals surface area contributed by atoms with Crippen molar-refractivity contribution in [1.29, 1.82) is 0 Å². The number of amides is 2. The number of hydrogen-bond acceptors (Lipinski definition) is 3. The van der Waals surface area contributed by atoms with Gasteiger partial charge in [0.05, 0.1) is 12.0 Å². The van der Waals surface area contributed by atoms with E-state index in [1.165, 1.54) is 12.1 Å². The van der Waals surface area contributed by atoms with Crippen LogP contribution in [-0.4, -0.2) is 36.5 Å². The van der Waals surface area contributed by atoms with Gasteiger partial charge >= 0.3 is 5.97 Å². The van der Waals surface area contributed by atoms with Gasteiger partial charge in [-0.2, -0.15) is 0 Å². The maximum atomic E-state index is 11.9. The number of carbonyl (C=O) groups excluding carboxylic acids is 2. The molecule has 0 saturated heterocycles. The van der Waals surface area contributed by atoms with Crippen LogP contribution in [0.4, 0.5) is 5.69 Å². The monoisotopic (exact) mass is 276 g/mol. The standard InChI is InChI=1S/C14H16N2O4/c1-15-12(17)3-2-6-16-11-5-4-9(14(19)20)7-10(11)8-13(16)18/h4-5,7H,2-3,6,8H2,1H3,(H,15,17)(H,19,20). The number of hydrogen-bond donors (Lipinski definition) is 2. The fraction of sp³-hybridized carbons (Fsp3) is 0.357.